The first-order valence-corrected chi connectivity index (χ1v) is 6.01. The van der Waals surface area contributed by atoms with Gasteiger partial charge in [-0.15, -0.1) is 0 Å². The number of hydrogen-bond acceptors (Lipinski definition) is 4. The van der Waals surface area contributed by atoms with Crippen molar-refractivity contribution in [2.75, 3.05) is 12.4 Å². The molecule has 0 fully saturated rings. The van der Waals surface area contributed by atoms with Crippen molar-refractivity contribution < 1.29 is 18.4 Å². The molecule has 21 heavy (non-hydrogen) atoms. The number of halogens is 2. The summed E-state index contributed by atoms with van der Waals surface area (Å²) in [6.45, 7) is 0.188. The highest BCUT2D eigenvalue weighted by molar-refractivity contribution is 5.62. The van der Waals surface area contributed by atoms with E-state index in [1.54, 1.807) is 24.3 Å². The van der Waals surface area contributed by atoms with Gasteiger partial charge in [-0.1, -0.05) is 12.1 Å². The zero-order valence-corrected chi connectivity index (χ0v) is 11.1. The van der Waals surface area contributed by atoms with Crippen LogP contribution in [0.15, 0.2) is 36.4 Å². The second kappa shape index (κ2) is 6.17. The summed E-state index contributed by atoms with van der Waals surface area (Å²) < 4.78 is 31.6. The normalized spacial score (nSPS) is 10.2. The van der Waals surface area contributed by atoms with E-state index < -0.39 is 22.2 Å². The summed E-state index contributed by atoms with van der Waals surface area (Å²) in [7, 11) is 1.53. The molecule has 0 aromatic heterocycles. The van der Waals surface area contributed by atoms with Crippen LogP contribution in [0.2, 0.25) is 0 Å². The van der Waals surface area contributed by atoms with Crippen molar-refractivity contribution in [3.8, 4) is 5.75 Å². The molecule has 0 bridgehead atoms. The van der Waals surface area contributed by atoms with E-state index in [9.17, 15) is 18.9 Å². The Labute approximate surface area is 119 Å². The molecule has 0 aliphatic carbocycles. The third-order valence-electron chi connectivity index (χ3n) is 2.85. The van der Waals surface area contributed by atoms with Crippen molar-refractivity contribution in [2.24, 2.45) is 0 Å². The minimum absolute atomic E-state index is 0.188. The third kappa shape index (κ3) is 3.44. The summed E-state index contributed by atoms with van der Waals surface area (Å²) >= 11 is 0. The van der Waals surface area contributed by atoms with E-state index in [1.807, 2.05) is 0 Å². The lowest BCUT2D eigenvalue weighted by atomic mass is 10.2. The van der Waals surface area contributed by atoms with Gasteiger partial charge < -0.3 is 10.1 Å². The summed E-state index contributed by atoms with van der Waals surface area (Å²) in [5.41, 5.74) is -0.187. The van der Waals surface area contributed by atoms with Crippen molar-refractivity contribution in [1.82, 2.24) is 0 Å². The highest BCUT2D eigenvalue weighted by atomic mass is 19.1. The van der Waals surface area contributed by atoms with Gasteiger partial charge in [0.2, 0.25) is 5.82 Å². The Morgan fingerprint density at radius 2 is 1.90 bits per heavy atom. The first kappa shape index (κ1) is 14.7. The standard InChI is InChI=1S/C14H12F2N2O3/c1-21-11-4-2-9(3-5-11)8-17-13-7-10(15)6-12(16)14(13)18(19)20/h2-7,17H,8H2,1H3. The van der Waals surface area contributed by atoms with Gasteiger partial charge in [-0.05, 0) is 17.7 Å². The van der Waals surface area contributed by atoms with Gasteiger partial charge in [0.1, 0.15) is 17.3 Å². The fraction of sp³-hybridized carbons (Fsp3) is 0.143. The molecule has 0 aliphatic heterocycles. The van der Waals surface area contributed by atoms with Crippen LogP contribution in [0.4, 0.5) is 20.2 Å². The first-order chi connectivity index (χ1) is 10.0. The Hall–Kier alpha value is -2.70. The summed E-state index contributed by atoms with van der Waals surface area (Å²) in [4.78, 5) is 9.95. The maximum Gasteiger partial charge on any atom is 0.327 e. The molecule has 7 heteroatoms. The number of ether oxygens (including phenoxy) is 1. The monoisotopic (exact) mass is 294 g/mol. The number of nitro groups is 1. The van der Waals surface area contributed by atoms with E-state index in [0.717, 1.165) is 11.6 Å². The topological polar surface area (TPSA) is 64.4 Å². The molecule has 1 N–H and O–H groups in total. The number of nitrogens with zero attached hydrogens (tertiary/aromatic N) is 1. The van der Waals surface area contributed by atoms with Crippen LogP contribution < -0.4 is 10.1 Å². The van der Waals surface area contributed by atoms with Crippen LogP contribution in [0.5, 0.6) is 5.75 Å². The maximum absolute atomic E-state index is 13.4. The van der Waals surface area contributed by atoms with Gasteiger partial charge in [0.25, 0.3) is 0 Å². The van der Waals surface area contributed by atoms with Crippen molar-refractivity contribution in [3.05, 3.63) is 63.7 Å². The minimum atomic E-state index is -1.21. The molecule has 0 unspecified atom stereocenters. The molecule has 2 rings (SSSR count). The number of methoxy groups -OCH3 is 1. The molecule has 0 radical (unpaired) electrons. The van der Waals surface area contributed by atoms with Crippen LogP contribution in [0.1, 0.15) is 5.56 Å². The summed E-state index contributed by atoms with van der Waals surface area (Å²) in [6.07, 6.45) is 0. The lowest BCUT2D eigenvalue weighted by Gasteiger charge is -2.08. The number of benzene rings is 2. The van der Waals surface area contributed by atoms with Crippen molar-refractivity contribution in [1.29, 1.82) is 0 Å². The number of anilines is 1. The molecular formula is C14H12F2N2O3. The van der Waals surface area contributed by atoms with E-state index in [2.05, 4.69) is 5.32 Å². The lowest BCUT2D eigenvalue weighted by Crippen LogP contribution is -2.05. The van der Waals surface area contributed by atoms with Gasteiger partial charge in [-0.25, -0.2) is 4.39 Å². The number of rotatable bonds is 5. The molecule has 0 saturated heterocycles. The molecule has 110 valence electrons. The van der Waals surface area contributed by atoms with E-state index in [4.69, 9.17) is 4.74 Å². The number of nitrogens with one attached hydrogen (secondary N) is 1. The molecule has 0 saturated carbocycles. The van der Waals surface area contributed by atoms with Crippen LogP contribution in [0.25, 0.3) is 0 Å². The quantitative estimate of drug-likeness (QED) is 0.677. The van der Waals surface area contributed by atoms with Gasteiger partial charge in [-0.3, -0.25) is 10.1 Å². The Kier molecular flexibility index (Phi) is 4.32. The van der Waals surface area contributed by atoms with Crippen LogP contribution in [-0.4, -0.2) is 12.0 Å². The fourth-order valence-electron chi connectivity index (χ4n) is 1.83. The van der Waals surface area contributed by atoms with Crippen LogP contribution in [0.3, 0.4) is 0 Å². The highest BCUT2D eigenvalue weighted by Gasteiger charge is 2.21. The van der Waals surface area contributed by atoms with Gasteiger partial charge >= 0.3 is 5.69 Å². The van der Waals surface area contributed by atoms with Crippen molar-refractivity contribution in [3.63, 3.8) is 0 Å². The predicted molar refractivity (Wildman–Crippen MR) is 73.3 cm³/mol. The van der Waals surface area contributed by atoms with Gasteiger partial charge in [0, 0.05) is 18.7 Å². The first-order valence-electron chi connectivity index (χ1n) is 6.01. The molecule has 0 amide bonds. The Bertz CT molecular complexity index is 660. The van der Waals surface area contributed by atoms with Crippen molar-refractivity contribution >= 4 is 11.4 Å². The van der Waals surface area contributed by atoms with Gasteiger partial charge in [0.15, 0.2) is 0 Å². The van der Waals surface area contributed by atoms with E-state index in [1.165, 1.54) is 7.11 Å². The van der Waals surface area contributed by atoms with E-state index in [-0.39, 0.29) is 12.2 Å². The molecular weight excluding hydrogens is 282 g/mol. The second-order valence-electron chi connectivity index (χ2n) is 4.24. The number of nitro benzene ring substituents is 1. The van der Waals surface area contributed by atoms with E-state index >= 15 is 0 Å². The smallest absolute Gasteiger partial charge is 0.327 e. The Balaban J connectivity index is 2.20. The Morgan fingerprint density at radius 3 is 2.48 bits per heavy atom. The SMILES string of the molecule is COc1ccc(CNc2cc(F)cc(F)c2[N+](=O)[O-])cc1. The highest BCUT2D eigenvalue weighted by Crippen LogP contribution is 2.29. The minimum Gasteiger partial charge on any atom is -0.497 e. The summed E-state index contributed by atoms with van der Waals surface area (Å²) in [5, 5.41) is 13.5. The maximum atomic E-state index is 13.4. The molecule has 0 heterocycles. The van der Waals surface area contributed by atoms with Gasteiger partial charge in [0.05, 0.1) is 12.0 Å². The van der Waals surface area contributed by atoms with E-state index in [0.29, 0.717) is 11.8 Å². The zero-order chi connectivity index (χ0) is 15.4. The molecule has 0 atom stereocenters. The average Bonchev–Trinajstić information content (AvgIpc) is 2.44. The molecule has 2 aromatic carbocycles. The zero-order valence-electron chi connectivity index (χ0n) is 11.1. The molecule has 0 aliphatic rings. The molecule has 0 spiro atoms. The summed E-state index contributed by atoms with van der Waals surface area (Å²) in [6, 6.07) is 8.30. The lowest BCUT2D eigenvalue weighted by molar-refractivity contribution is -0.386. The Morgan fingerprint density at radius 1 is 1.24 bits per heavy atom. The van der Waals surface area contributed by atoms with Crippen molar-refractivity contribution in [2.45, 2.75) is 6.54 Å². The van der Waals surface area contributed by atoms with Crippen LogP contribution >= 0.6 is 0 Å². The van der Waals surface area contributed by atoms with Gasteiger partial charge in [-0.2, -0.15) is 4.39 Å². The van der Waals surface area contributed by atoms with Crippen LogP contribution in [0, 0.1) is 21.7 Å². The summed E-state index contributed by atoms with van der Waals surface area (Å²) in [5.74, 6) is -1.42. The molecule has 2 aromatic rings. The van der Waals surface area contributed by atoms with Crippen LogP contribution in [-0.2, 0) is 6.54 Å². The molecule has 5 nitrogen and oxygen atoms in total. The number of hydrogen-bond donors (Lipinski definition) is 1. The predicted octanol–water partition coefficient (Wildman–Crippen LogP) is 3.49. The largest absolute Gasteiger partial charge is 0.497 e. The fourth-order valence-corrected chi connectivity index (χ4v) is 1.83. The second-order valence-corrected chi connectivity index (χ2v) is 4.24. The third-order valence-corrected chi connectivity index (χ3v) is 2.85. The average molecular weight is 294 g/mol.